The maximum Gasteiger partial charge on any atom is 0.124 e. The monoisotopic (exact) mass is 185 g/mol. The third-order valence-corrected chi connectivity index (χ3v) is 2.38. The van der Waals surface area contributed by atoms with Crippen LogP contribution in [0, 0.1) is 11.3 Å². The molecule has 1 aromatic rings. The number of nitrogens with zero attached hydrogens (tertiary/aromatic N) is 2. The number of nitrogens with two attached hydrogens (primary N) is 1. The highest BCUT2D eigenvalue weighted by Crippen LogP contribution is 2.28. The Labute approximate surface area is 82.9 Å². The molecule has 0 spiro atoms. The van der Waals surface area contributed by atoms with Crippen molar-refractivity contribution in [2.45, 2.75) is 19.3 Å². The molecule has 0 amide bonds. The second-order valence-electron chi connectivity index (χ2n) is 3.37. The number of hydrogen-bond acceptors (Lipinski definition) is 3. The number of hydrogen-bond donors (Lipinski definition) is 1. The summed E-state index contributed by atoms with van der Waals surface area (Å²) in [6.07, 6.45) is 5.38. The zero-order chi connectivity index (χ0) is 9.97. The molecular weight excluding hydrogens is 174 g/mol. The maximum absolute atomic E-state index is 8.91. The fraction of sp³-hybridized carbons (Fsp3) is 0.273. The number of pyridine rings is 1. The van der Waals surface area contributed by atoms with Crippen molar-refractivity contribution in [2.24, 2.45) is 0 Å². The molecule has 14 heavy (non-hydrogen) atoms. The number of rotatable bonds is 1. The van der Waals surface area contributed by atoms with Gasteiger partial charge in [-0.25, -0.2) is 4.98 Å². The molecule has 0 unspecified atom stereocenters. The summed E-state index contributed by atoms with van der Waals surface area (Å²) < 4.78 is 0. The molecule has 0 aromatic carbocycles. The molecule has 1 aliphatic carbocycles. The second-order valence-corrected chi connectivity index (χ2v) is 3.37. The van der Waals surface area contributed by atoms with E-state index >= 15 is 0 Å². The number of allylic oxidation sites excluding steroid dienone is 2. The van der Waals surface area contributed by atoms with Gasteiger partial charge in [0.2, 0.25) is 0 Å². The van der Waals surface area contributed by atoms with E-state index in [-0.39, 0.29) is 0 Å². The standard InChI is InChI=1S/C11H11N3/c12-7-9-5-6-10(13)14-11(9)8-3-1-2-4-8/h3,5-6H,1-2,4H2,(H2,13,14). The highest BCUT2D eigenvalue weighted by atomic mass is 14.8. The minimum Gasteiger partial charge on any atom is -0.384 e. The molecule has 3 heteroatoms. The Kier molecular flexibility index (Phi) is 2.19. The van der Waals surface area contributed by atoms with Crippen molar-refractivity contribution < 1.29 is 0 Å². The molecule has 2 N–H and O–H groups in total. The first-order valence-electron chi connectivity index (χ1n) is 4.67. The lowest BCUT2D eigenvalue weighted by atomic mass is 10.1. The van der Waals surface area contributed by atoms with Gasteiger partial charge in [0.05, 0.1) is 11.3 Å². The van der Waals surface area contributed by atoms with Crippen molar-refractivity contribution in [1.29, 1.82) is 5.26 Å². The third kappa shape index (κ3) is 1.47. The Balaban J connectivity index is 2.50. The Morgan fingerprint density at radius 1 is 1.43 bits per heavy atom. The van der Waals surface area contributed by atoms with Crippen LogP contribution in [0.2, 0.25) is 0 Å². The minimum atomic E-state index is 0.479. The summed E-state index contributed by atoms with van der Waals surface area (Å²) >= 11 is 0. The highest BCUT2D eigenvalue weighted by molar-refractivity contribution is 5.70. The van der Waals surface area contributed by atoms with Crippen LogP contribution < -0.4 is 5.73 Å². The van der Waals surface area contributed by atoms with Crippen LogP contribution in [-0.2, 0) is 0 Å². The fourth-order valence-electron chi connectivity index (χ4n) is 1.70. The summed E-state index contributed by atoms with van der Waals surface area (Å²) in [5, 5.41) is 8.91. The van der Waals surface area contributed by atoms with E-state index in [1.165, 1.54) is 0 Å². The summed E-state index contributed by atoms with van der Waals surface area (Å²) in [7, 11) is 0. The molecule has 1 aliphatic rings. The molecule has 1 aromatic heterocycles. The minimum absolute atomic E-state index is 0.479. The molecule has 70 valence electrons. The Bertz CT molecular complexity index is 427. The van der Waals surface area contributed by atoms with Gasteiger partial charge in [0.15, 0.2) is 0 Å². The van der Waals surface area contributed by atoms with Crippen molar-refractivity contribution in [1.82, 2.24) is 4.98 Å². The average molecular weight is 185 g/mol. The van der Waals surface area contributed by atoms with Gasteiger partial charge in [-0.05, 0) is 37.0 Å². The van der Waals surface area contributed by atoms with Gasteiger partial charge in [0, 0.05) is 0 Å². The molecule has 3 nitrogen and oxygen atoms in total. The van der Waals surface area contributed by atoms with E-state index in [2.05, 4.69) is 17.1 Å². The first-order valence-corrected chi connectivity index (χ1v) is 4.67. The molecule has 0 saturated carbocycles. The van der Waals surface area contributed by atoms with E-state index in [0.29, 0.717) is 11.4 Å². The molecule has 0 radical (unpaired) electrons. The van der Waals surface area contributed by atoms with Crippen LogP contribution in [0.5, 0.6) is 0 Å². The number of nitrogen functional groups attached to an aromatic ring is 1. The topological polar surface area (TPSA) is 62.7 Å². The van der Waals surface area contributed by atoms with E-state index in [9.17, 15) is 0 Å². The van der Waals surface area contributed by atoms with Crippen molar-refractivity contribution in [3.8, 4) is 6.07 Å². The average Bonchev–Trinajstić information content (AvgIpc) is 2.70. The maximum atomic E-state index is 8.91. The summed E-state index contributed by atoms with van der Waals surface area (Å²) in [6.45, 7) is 0. The predicted molar refractivity (Wildman–Crippen MR) is 55.2 cm³/mol. The molecule has 0 fully saturated rings. The van der Waals surface area contributed by atoms with Gasteiger partial charge in [-0.2, -0.15) is 5.26 Å². The summed E-state index contributed by atoms with van der Waals surface area (Å²) in [4.78, 5) is 4.21. The zero-order valence-corrected chi connectivity index (χ0v) is 7.83. The van der Waals surface area contributed by atoms with Crippen LogP contribution in [0.15, 0.2) is 18.2 Å². The van der Waals surface area contributed by atoms with Crippen LogP contribution in [0.1, 0.15) is 30.5 Å². The Hall–Kier alpha value is -1.82. The third-order valence-electron chi connectivity index (χ3n) is 2.38. The largest absolute Gasteiger partial charge is 0.384 e. The SMILES string of the molecule is N#Cc1ccc(N)nc1C1=CCCC1. The van der Waals surface area contributed by atoms with Crippen molar-refractivity contribution in [3.05, 3.63) is 29.5 Å². The van der Waals surface area contributed by atoms with Gasteiger partial charge in [0.1, 0.15) is 11.9 Å². The highest BCUT2D eigenvalue weighted by Gasteiger charge is 2.12. The van der Waals surface area contributed by atoms with Crippen molar-refractivity contribution in [3.63, 3.8) is 0 Å². The fourth-order valence-corrected chi connectivity index (χ4v) is 1.70. The van der Waals surface area contributed by atoms with E-state index in [1.54, 1.807) is 12.1 Å². The van der Waals surface area contributed by atoms with E-state index in [4.69, 9.17) is 11.0 Å². The van der Waals surface area contributed by atoms with Crippen LogP contribution in [0.3, 0.4) is 0 Å². The number of nitriles is 1. The lowest BCUT2D eigenvalue weighted by molar-refractivity contribution is 0.932. The Morgan fingerprint density at radius 3 is 2.93 bits per heavy atom. The van der Waals surface area contributed by atoms with E-state index in [1.807, 2.05) is 0 Å². The molecule has 2 rings (SSSR count). The van der Waals surface area contributed by atoms with E-state index < -0.39 is 0 Å². The first-order chi connectivity index (χ1) is 6.81. The normalized spacial score (nSPS) is 14.9. The smallest absolute Gasteiger partial charge is 0.124 e. The van der Waals surface area contributed by atoms with Crippen molar-refractivity contribution in [2.75, 3.05) is 5.73 Å². The summed E-state index contributed by atoms with van der Waals surface area (Å²) in [5.74, 6) is 0.479. The lowest BCUT2D eigenvalue weighted by Crippen LogP contribution is -1.97. The quantitative estimate of drug-likeness (QED) is 0.728. The molecule has 0 bridgehead atoms. The van der Waals surface area contributed by atoms with Crippen LogP contribution >= 0.6 is 0 Å². The molecular formula is C11H11N3. The first kappa shape index (κ1) is 8.76. The molecule has 0 atom stereocenters. The van der Waals surface area contributed by atoms with Crippen LogP contribution in [0.4, 0.5) is 5.82 Å². The second kappa shape index (κ2) is 3.51. The number of aromatic nitrogens is 1. The molecule has 1 heterocycles. The zero-order valence-electron chi connectivity index (χ0n) is 7.83. The van der Waals surface area contributed by atoms with Gasteiger partial charge in [-0.1, -0.05) is 6.08 Å². The molecule has 0 saturated heterocycles. The lowest BCUT2D eigenvalue weighted by Gasteiger charge is -2.04. The number of anilines is 1. The predicted octanol–water partition coefficient (Wildman–Crippen LogP) is 2.10. The van der Waals surface area contributed by atoms with Gasteiger partial charge in [-0.15, -0.1) is 0 Å². The summed E-state index contributed by atoms with van der Waals surface area (Å²) in [6, 6.07) is 5.54. The van der Waals surface area contributed by atoms with Crippen LogP contribution in [0.25, 0.3) is 5.57 Å². The van der Waals surface area contributed by atoms with Gasteiger partial charge < -0.3 is 5.73 Å². The van der Waals surface area contributed by atoms with Gasteiger partial charge in [0.25, 0.3) is 0 Å². The van der Waals surface area contributed by atoms with Gasteiger partial charge >= 0.3 is 0 Å². The van der Waals surface area contributed by atoms with Crippen LogP contribution in [-0.4, -0.2) is 4.98 Å². The van der Waals surface area contributed by atoms with E-state index in [0.717, 1.165) is 30.5 Å². The Morgan fingerprint density at radius 2 is 2.29 bits per heavy atom. The summed E-state index contributed by atoms with van der Waals surface area (Å²) in [5.41, 5.74) is 8.15. The molecule has 0 aliphatic heterocycles. The van der Waals surface area contributed by atoms with Gasteiger partial charge in [-0.3, -0.25) is 0 Å². The van der Waals surface area contributed by atoms with Crippen molar-refractivity contribution >= 4 is 11.4 Å².